The van der Waals surface area contributed by atoms with Crippen LogP contribution in [0.1, 0.15) is 24.4 Å². The van der Waals surface area contributed by atoms with E-state index in [1.54, 1.807) is 11.3 Å². The van der Waals surface area contributed by atoms with Gasteiger partial charge in [0.15, 0.2) is 0 Å². The first-order valence-electron chi connectivity index (χ1n) is 6.28. The fourth-order valence-electron chi connectivity index (χ4n) is 2.21. The van der Waals surface area contributed by atoms with Gasteiger partial charge in [0, 0.05) is 4.70 Å². The van der Waals surface area contributed by atoms with Gasteiger partial charge in [-0.05, 0) is 55.9 Å². The van der Waals surface area contributed by atoms with Gasteiger partial charge >= 0.3 is 0 Å². The Hall–Kier alpha value is -1.72. The van der Waals surface area contributed by atoms with Crippen molar-refractivity contribution in [2.45, 2.75) is 19.9 Å². The van der Waals surface area contributed by atoms with Gasteiger partial charge in [-0.1, -0.05) is 5.21 Å². The molecule has 4 nitrogen and oxygen atoms in total. The lowest BCUT2D eigenvalue weighted by Gasteiger charge is -2.08. The van der Waals surface area contributed by atoms with Gasteiger partial charge in [0.05, 0.1) is 17.4 Å². The molecule has 0 amide bonds. The molecule has 5 heteroatoms. The minimum Gasteiger partial charge on any atom is -0.312 e. The SMILES string of the molecule is CNC(C)c1nnn(-c2ccc3sccc3c2)c1C. The second kappa shape index (κ2) is 4.75. The molecule has 0 fully saturated rings. The maximum absolute atomic E-state index is 4.28. The van der Waals surface area contributed by atoms with E-state index in [9.17, 15) is 0 Å². The second-order valence-corrected chi connectivity index (χ2v) is 5.57. The van der Waals surface area contributed by atoms with Crippen LogP contribution < -0.4 is 5.32 Å². The van der Waals surface area contributed by atoms with Gasteiger partial charge in [-0.15, -0.1) is 16.4 Å². The van der Waals surface area contributed by atoms with E-state index < -0.39 is 0 Å². The molecule has 0 aliphatic carbocycles. The van der Waals surface area contributed by atoms with Crippen LogP contribution in [-0.2, 0) is 0 Å². The van der Waals surface area contributed by atoms with Crippen molar-refractivity contribution < 1.29 is 0 Å². The van der Waals surface area contributed by atoms with Crippen LogP contribution in [0.5, 0.6) is 0 Å². The quantitative estimate of drug-likeness (QED) is 0.797. The van der Waals surface area contributed by atoms with E-state index in [2.05, 4.69) is 59.1 Å². The predicted molar refractivity (Wildman–Crippen MR) is 79.0 cm³/mol. The Balaban J connectivity index is 2.08. The number of aromatic nitrogens is 3. The second-order valence-electron chi connectivity index (χ2n) is 4.62. The number of hydrogen-bond acceptors (Lipinski definition) is 4. The third-order valence-electron chi connectivity index (χ3n) is 3.45. The van der Waals surface area contributed by atoms with Gasteiger partial charge in [0.1, 0.15) is 5.69 Å². The van der Waals surface area contributed by atoms with E-state index in [1.165, 1.54) is 10.1 Å². The average Bonchev–Trinajstić information content (AvgIpc) is 3.03. The highest BCUT2D eigenvalue weighted by atomic mass is 32.1. The Kier molecular flexibility index (Phi) is 3.08. The summed E-state index contributed by atoms with van der Waals surface area (Å²) in [6.07, 6.45) is 0. The van der Waals surface area contributed by atoms with E-state index in [0.29, 0.717) is 0 Å². The van der Waals surface area contributed by atoms with Gasteiger partial charge in [0.2, 0.25) is 0 Å². The number of nitrogens with zero attached hydrogens (tertiary/aromatic N) is 3. The Bertz CT molecular complexity index is 713. The summed E-state index contributed by atoms with van der Waals surface area (Å²) >= 11 is 1.75. The first-order chi connectivity index (χ1) is 9.20. The zero-order chi connectivity index (χ0) is 13.4. The summed E-state index contributed by atoms with van der Waals surface area (Å²) in [5.41, 5.74) is 3.13. The Morgan fingerprint density at radius 1 is 1.32 bits per heavy atom. The summed E-state index contributed by atoms with van der Waals surface area (Å²) < 4.78 is 3.20. The van der Waals surface area contributed by atoms with Crippen LogP contribution in [-0.4, -0.2) is 22.0 Å². The molecule has 3 aromatic rings. The van der Waals surface area contributed by atoms with Crippen molar-refractivity contribution in [2.24, 2.45) is 0 Å². The lowest BCUT2D eigenvalue weighted by molar-refractivity contribution is 0.627. The van der Waals surface area contributed by atoms with Crippen molar-refractivity contribution >= 4 is 21.4 Å². The van der Waals surface area contributed by atoms with Crippen LogP contribution >= 0.6 is 11.3 Å². The first kappa shape index (κ1) is 12.3. The van der Waals surface area contributed by atoms with Gasteiger partial charge in [-0.2, -0.15) is 0 Å². The molecule has 1 aromatic carbocycles. The number of nitrogens with one attached hydrogen (secondary N) is 1. The molecule has 3 rings (SSSR count). The summed E-state index contributed by atoms with van der Waals surface area (Å²) in [5, 5.41) is 15.1. The fourth-order valence-corrected chi connectivity index (χ4v) is 2.98. The molecule has 0 spiro atoms. The van der Waals surface area contributed by atoms with Crippen molar-refractivity contribution in [1.82, 2.24) is 20.3 Å². The highest BCUT2D eigenvalue weighted by Crippen LogP contribution is 2.24. The maximum atomic E-state index is 4.28. The molecule has 2 heterocycles. The largest absolute Gasteiger partial charge is 0.312 e. The minimum atomic E-state index is 0.207. The van der Waals surface area contributed by atoms with Crippen molar-refractivity contribution in [3.05, 3.63) is 41.0 Å². The molecule has 0 saturated carbocycles. The molecule has 0 bridgehead atoms. The maximum Gasteiger partial charge on any atom is 0.103 e. The zero-order valence-corrected chi connectivity index (χ0v) is 12.0. The van der Waals surface area contributed by atoms with Crippen molar-refractivity contribution in [3.63, 3.8) is 0 Å². The van der Waals surface area contributed by atoms with Crippen molar-refractivity contribution in [3.8, 4) is 5.69 Å². The molecule has 1 N–H and O–H groups in total. The molecule has 0 saturated heterocycles. The predicted octanol–water partition coefficient (Wildman–Crippen LogP) is 3.07. The van der Waals surface area contributed by atoms with Crippen LogP contribution in [0, 0.1) is 6.92 Å². The Labute approximate surface area is 116 Å². The van der Waals surface area contributed by atoms with Gasteiger partial charge < -0.3 is 5.32 Å². The molecular weight excluding hydrogens is 256 g/mol. The topological polar surface area (TPSA) is 42.7 Å². The number of thiophene rings is 1. The van der Waals surface area contributed by atoms with Crippen LogP contribution in [0.25, 0.3) is 15.8 Å². The smallest absolute Gasteiger partial charge is 0.103 e. The Morgan fingerprint density at radius 3 is 2.95 bits per heavy atom. The molecule has 2 aromatic heterocycles. The van der Waals surface area contributed by atoms with E-state index in [-0.39, 0.29) is 6.04 Å². The lowest BCUT2D eigenvalue weighted by Crippen LogP contribution is -2.14. The summed E-state index contributed by atoms with van der Waals surface area (Å²) in [7, 11) is 1.93. The van der Waals surface area contributed by atoms with Gasteiger partial charge in [0.25, 0.3) is 0 Å². The third kappa shape index (κ3) is 2.05. The number of benzene rings is 1. The van der Waals surface area contributed by atoms with Crippen LogP contribution in [0.3, 0.4) is 0 Å². The molecule has 98 valence electrons. The molecule has 0 aliphatic heterocycles. The number of hydrogen-bond donors (Lipinski definition) is 1. The van der Waals surface area contributed by atoms with Gasteiger partial charge in [-0.25, -0.2) is 4.68 Å². The van der Waals surface area contributed by atoms with Gasteiger partial charge in [-0.3, -0.25) is 0 Å². The summed E-state index contributed by atoms with van der Waals surface area (Å²) in [4.78, 5) is 0. The Morgan fingerprint density at radius 2 is 2.16 bits per heavy atom. The highest BCUT2D eigenvalue weighted by molar-refractivity contribution is 7.17. The molecule has 19 heavy (non-hydrogen) atoms. The van der Waals surface area contributed by atoms with E-state index in [4.69, 9.17) is 0 Å². The normalized spacial score (nSPS) is 13.0. The van der Waals surface area contributed by atoms with E-state index >= 15 is 0 Å². The number of rotatable bonds is 3. The molecule has 1 unspecified atom stereocenters. The lowest BCUT2D eigenvalue weighted by atomic mass is 10.2. The summed E-state index contributed by atoms with van der Waals surface area (Å²) in [5.74, 6) is 0. The molecule has 1 atom stereocenters. The number of fused-ring (bicyclic) bond motifs is 1. The first-order valence-corrected chi connectivity index (χ1v) is 7.16. The monoisotopic (exact) mass is 272 g/mol. The highest BCUT2D eigenvalue weighted by Gasteiger charge is 2.14. The standard InChI is InChI=1S/C14H16N4S/c1-9(15-3)14-10(2)18(17-16-14)12-4-5-13-11(8-12)6-7-19-13/h4-9,15H,1-3H3. The third-order valence-corrected chi connectivity index (χ3v) is 4.35. The van der Waals surface area contributed by atoms with Crippen molar-refractivity contribution in [1.29, 1.82) is 0 Å². The molecular formula is C14H16N4S. The summed E-state index contributed by atoms with van der Waals surface area (Å²) in [6, 6.07) is 8.72. The molecule has 0 radical (unpaired) electrons. The minimum absolute atomic E-state index is 0.207. The van der Waals surface area contributed by atoms with Crippen LogP contribution in [0.2, 0.25) is 0 Å². The summed E-state index contributed by atoms with van der Waals surface area (Å²) in [6.45, 7) is 4.14. The van der Waals surface area contributed by atoms with E-state index in [0.717, 1.165) is 17.1 Å². The van der Waals surface area contributed by atoms with E-state index in [1.807, 2.05) is 11.7 Å². The zero-order valence-electron chi connectivity index (χ0n) is 11.2. The van der Waals surface area contributed by atoms with Crippen LogP contribution in [0.15, 0.2) is 29.6 Å². The van der Waals surface area contributed by atoms with Crippen molar-refractivity contribution in [2.75, 3.05) is 7.05 Å². The molecule has 0 aliphatic rings. The van der Waals surface area contributed by atoms with Crippen LogP contribution in [0.4, 0.5) is 0 Å². The average molecular weight is 272 g/mol. The fraction of sp³-hybridized carbons (Fsp3) is 0.286.